The summed E-state index contributed by atoms with van der Waals surface area (Å²) in [4.78, 5) is 0. The molecule has 0 aromatic rings. The monoisotopic (exact) mass is 124 g/mol. The van der Waals surface area contributed by atoms with Gasteiger partial charge in [0.25, 0.3) is 0 Å². The van der Waals surface area contributed by atoms with Gasteiger partial charge in [0.1, 0.15) is 0 Å². The van der Waals surface area contributed by atoms with Crippen molar-refractivity contribution in [2.75, 3.05) is 0 Å². The Labute approximate surface area is 57.6 Å². The quantitative estimate of drug-likeness (QED) is 0.465. The number of hydrogen-bond donors (Lipinski definition) is 0. The Balaban J connectivity index is 1.81. The Morgan fingerprint density at radius 2 is 1.22 bits per heavy atom. The third kappa shape index (κ3) is 1.28. The van der Waals surface area contributed by atoms with Gasteiger partial charge in [0.05, 0.1) is 0 Å². The van der Waals surface area contributed by atoms with Crippen LogP contribution in [0.1, 0.15) is 44.9 Å². The Hall–Kier alpha value is 0. The minimum atomic E-state index is 1.19. The van der Waals surface area contributed by atoms with Gasteiger partial charge in [-0.1, -0.05) is 38.5 Å². The van der Waals surface area contributed by atoms with E-state index in [4.69, 9.17) is 0 Å². The van der Waals surface area contributed by atoms with Gasteiger partial charge in [0.15, 0.2) is 0 Å². The highest BCUT2D eigenvalue weighted by Crippen LogP contribution is 2.46. The number of hydrogen-bond acceptors (Lipinski definition) is 0. The first-order valence-electron chi connectivity index (χ1n) is 4.47. The summed E-state index contributed by atoms with van der Waals surface area (Å²) in [5.41, 5.74) is 0. The fourth-order valence-corrected chi connectivity index (χ4v) is 2.18. The number of rotatable bonds is 0. The average molecular weight is 124 g/mol. The van der Waals surface area contributed by atoms with E-state index >= 15 is 0 Å². The van der Waals surface area contributed by atoms with Gasteiger partial charge in [-0.15, -0.1) is 0 Å². The van der Waals surface area contributed by atoms with E-state index in [1.54, 1.807) is 19.3 Å². The molecule has 0 aliphatic heterocycles. The molecule has 0 radical (unpaired) electrons. The summed E-state index contributed by atoms with van der Waals surface area (Å²) in [7, 11) is 0. The van der Waals surface area contributed by atoms with Crippen LogP contribution < -0.4 is 0 Å². The first-order valence-corrected chi connectivity index (χ1v) is 4.47. The van der Waals surface area contributed by atoms with Gasteiger partial charge < -0.3 is 0 Å². The van der Waals surface area contributed by atoms with E-state index in [1.807, 2.05) is 0 Å². The lowest BCUT2D eigenvalue weighted by Gasteiger charge is -2.05. The van der Waals surface area contributed by atoms with E-state index in [0.717, 1.165) is 0 Å². The van der Waals surface area contributed by atoms with E-state index in [2.05, 4.69) is 0 Å². The molecule has 0 N–H and O–H groups in total. The van der Waals surface area contributed by atoms with Gasteiger partial charge in [-0.2, -0.15) is 0 Å². The van der Waals surface area contributed by atoms with Gasteiger partial charge in [-0.3, -0.25) is 0 Å². The lowest BCUT2D eigenvalue weighted by Crippen LogP contribution is -1.90. The van der Waals surface area contributed by atoms with Crippen LogP contribution in [0.2, 0.25) is 0 Å². The summed E-state index contributed by atoms with van der Waals surface area (Å²) in [6, 6.07) is 0. The van der Waals surface area contributed by atoms with Crippen LogP contribution in [0, 0.1) is 11.8 Å². The SMILES string of the molecule is C1CCC[C@@H]2C[C@H]2CC1. The summed E-state index contributed by atoms with van der Waals surface area (Å²) in [6.07, 6.45) is 10.8. The Kier molecular flexibility index (Phi) is 1.48. The molecule has 0 saturated heterocycles. The summed E-state index contributed by atoms with van der Waals surface area (Å²) < 4.78 is 0. The van der Waals surface area contributed by atoms with E-state index in [-0.39, 0.29) is 0 Å². The van der Waals surface area contributed by atoms with Crippen LogP contribution in [0.15, 0.2) is 0 Å². The largest absolute Gasteiger partial charge is 0.0533 e. The highest BCUT2D eigenvalue weighted by atomic mass is 14.4. The zero-order chi connectivity index (χ0) is 6.10. The molecule has 2 aliphatic rings. The van der Waals surface area contributed by atoms with Crippen molar-refractivity contribution < 1.29 is 0 Å². The summed E-state index contributed by atoms with van der Waals surface area (Å²) in [5.74, 6) is 2.37. The predicted molar refractivity (Wildman–Crippen MR) is 39.3 cm³/mol. The molecular weight excluding hydrogens is 108 g/mol. The molecule has 0 heteroatoms. The molecule has 0 aromatic carbocycles. The average Bonchev–Trinajstić information content (AvgIpc) is 2.46. The van der Waals surface area contributed by atoms with Gasteiger partial charge in [-0.25, -0.2) is 0 Å². The van der Waals surface area contributed by atoms with Crippen LogP contribution in [0.25, 0.3) is 0 Å². The smallest absolute Gasteiger partial charge is 0.0383 e. The normalized spacial score (nSPS) is 42.7. The molecule has 2 saturated carbocycles. The molecule has 0 aromatic heterocycles. The molecule has 0 unspecified atom stereocenters. The number of fused-ring (bicyclic) bond motifs is 1. The molecule has 0 heterocycles. The van der Waals surface area contributed by atoms with Gasteiger partial charge in [0.2, 0.25) is 0 Å². The topological polar surface area (TPSA) is 0 Å². The Bertz CT molecular complexity index is 84.2. The molecule has 0 amide bonds. The van der Waals surface area contributed by atoms with Crippen molar-refractivity contribution in [3.63, 3.8) is 0 Å². The molecule has 2 atom stereocenters. The lowest BCUT2D eigenvalue weighted by molar-refractivity contribution is 0.485. The first kappa shape index (κ1) is 5.76. The van der Waals surface area contributed by atoms with E-state index in [0.29, 0.717) is 0 Å². The van der Waals surface area contributed by atoms with Crippen molar-refractivity contribution >= 4 is 0 Å². The highest BCUT2D eigenvalue weighted by molar-refractivity contribution is 4.86. The third-order valence-electron chi connectivity index (χ3n) is 2.97. The van der Waals surface area contributed by atoms with E-state index < -0.39 is 0 Å². The van der Waals surface area contributed by atoms with E-state index in [9.17, 15) is 0 Å². The van der Waals surface area contributed by atoms with Gasteiger partial charge in [0, 0.05) is 0 Å². The van der Waals surface area contributed by atoms with Crippen LogP contribution >= 0.6 is 0 Å². The summed E-state index contributed by atoms with van der Waals surface area (Å²) >= 11 is 0. The highest BCUT2D eigenvalue weighted by Gasteiger charge is 2.35. The van der Waals surface area contributed by atoms with Crippen molar-refractivity contribution in [2.45, 2.75) is 44.9 Å². The second-order valence-corrected chi connectivity index (χ2v) is 3.75. The van der Waals surface area contributed by atoms with Gasteiger partial charge >= 0.3 is 0 Å². The second kappa shape index (κ2) is 2.32. The van der Waals surface area contributed by atoms with E-state index in [1.165, 1.54) is 37.5 Å². The minimum Gasteiger partial charge on any atom is -0.0533 e. The maximum Gasteiger partial charge on any atom is -0.0383 e. The fourth-order valence-electron chi connectivity index (χ4n) is 2.18. The fraction of sp³-hybridized carbons (Fsp3) is 1.00. The maximum absolute atomic E-state index is 1.58. The van der Waals surface area contributed by atoms with Crippen molar-refractivity contribution in [3.05, 3.63) is 0 Å². The standard InChI is InChI=1S/C9H16/c1-2-4-6-9-7-8(9)5-3-1/h8-9H,1-7H2/t8-,9-/m1/s1. The zero-order valence-electron chi connectivity index (χ0n) is 6.10. The molecule has 2 rings (SSSR count). The van der Waals surface area contributed by atoms with Crippen LogP contribution in [0.4, 0.5) is 0 Å². The van der Waals surface area contributed by atoms with Crippen LogP contribution in [0.3, 0.4) is 0 Å². The van der Waals surface area contributed by atoms with Crippen molar-refractivity contribution in [1.29, 1.82) is 0 Å². The Morgan fingerprint density at radius 1 is 0.667 bits per heavy atom. The van der Waals surface area contributed by atoms with Crippen molar-refractivity contribution in [2.24, 2.45) is 11.8 Å². The molecule has 2 fully saturated rings. The van der Waals surface area contributed by atoms with Gasteiger partial charge in [-0.05, 0) is 18.3 Å². The minimum absolute atomic E-state index is 1.19. The van der Waals surface area contributed by atoms with Crippen molar-refractivity contribution in [1.82, 2.24) is 0 Å². The first-order chi connectivity index (χ1) is 4.47. The predicted octanol–water partition coefficient (Wildman–Crippen LogP) is 2.98. The van der Waals surface area contributed by atoms with Crippen molar-refractivity contribution in [3.8, 4) is 0 Å². The molecule has 2 aliphatic carbocycles. The molecule has 0 nitrogen and oxygen atoms in total. The Morgan fingerprint density at radius 3 is 1.78 bits per heavy atom. The van der Waals surface area contributed by atoms with Crippen LogP contribution in [-0.2, 0) is 0 Å². The summed E-state index contributed by atoms with van der Waals surface area (Å²) in [6.45, 7) is 0. The third-order valence-corrected chi connectivity index (χ3v) is 2.97. The molecule has 0 bridgehead atoms. The maximum atomic E-state index is 1.58. The lowest BCUT2D eigenvalue weighted by atomic mass is 10.0. The van der Waals surface area contributed by atoms with Crippen LogP contribution in [-0.4, -0.2) is 0 Å². The molecular formula is C9H16. The second-order valence-electron chi connectivity index (χ2n) is 3.75. The van der Waals surface area contributed by atoms with Crippen LogP contribution in [0.5, 0.6) is 0 Å². The summed E-state index contributed by atoms with van der Waals surface area (Å²) in [5, 5.41) is 0. The zero-order valence-corrected chi connectivity index (χ0v) is 6.10. The molecule has 9 heavy (non-hydrogen) atoms. The molecule has 0 spiro atoms. The molecule has 52 valence electrons.